The molecule has 0 fully saturated rings. The first-order valence-corrected chi connectivity index (χ1v) is 10.4. The summed E-state index contributed by atoms with van der Waals surface area (Å²) in [7, 11) is -0.559. The lowest BCUT2D eigenvalue weighted by Gasteiger charge is -2.19. The van der Waals surface area contributed by atoms with Crippen LogP contribution in [0.1, 0.15) is 5.56 Å². The third-order valence-corrected chi connectivity index (χ3v) is 6.22. The van der Waals surface area contributed by atoms with E-state index in [2.05, 4.69) is 5.32 Å². The molecule has 3 rings (SSSR count). The molecule has 0 atom stereocenters. The molecule has 1 N–H and O–H groups in total. The van der Waals surface area contributed by atoms with Crippen molar-refractivity contribution in [3.05, 3.63) is 84.4 Å². The molecule has 1 amide bonds. The van der Waals surface area contributed by atoms with E-state index in [0.29, 0.717) is 17.1 Å². The third kappa shape index (κ3) is 4.94. The Kier molecular flexibility index (Phi) is 6.19. The van der Waals surface area contributed by atoms with Gasteiger partial charge in [0.1, 0.15) is 5.75 Å². The van der Waals surface area contributed by atoms with Crippen molar-refractivity contribution in [1.82, 2.24) is 0 Å². The number of nitrogens with zero attached hydrogens (tertiary/aromatic N) is 1. The molecule has 0 aliphatic carbocycles. The second kappa shape index (κ2) is 8.79. The Hall–Kier alpha value is -3.32. The van der Waals surface area contributed by atoms with Crippen molar-refractivity contribution in [3.8, 4) is 5.75 Å². The summed E-state index contributed by atoms with van der Waals surface area (Å²) in [6, 6.07) is 22.3. The molecule has 0 unspecified atom stereocenters. The Morgan fingerprint density at radius 1 is 0.966 bits per heavy atom. The number of rotatable bonds is 7. The molecule has 3 aromatic carbocycles. The highest BCUT2D eigenvalue weighted by atomic mass is 32.2. The van der Waals surface area contributed by atoms with Gasteiger partial charge in [-0.3, -0.25) is 9.10 Å². The van der Waals surface area contributed by atoms with Crippen molar-refractivity contribution < 1.29 is 17.9 Å². The van der Waals surface area contributed by atoms with Crippen molar-refractivity contribution in [2.75, 3.05) is 23.8 Å². The molecule has 150 valence electrons. The normalized spacial score (nSPS) is 11.0. The summed E-state index contributed by atoms with van der Waals surface area (Å²) in [6.07, 6.45) is 0.173. The maximum atomic E-state index is 12.7. The summed E-state index contributed by atoms with van der Waals surface area (Å²) in [5, 5.41) is 2.82. The molecule has 0 aliphatic heterocycles. The van der Waals surface area contributed by atoms with Crippen LogP contribution in [-0.2, 0) is 21.2 Å². The van der Waals surface area contributed by atoms with E-state index < -0.39 is 10.0 Å². The summed E-state index contributed by atoms with van der Waals surface area (Å²) in [4.78, 5) is 12.5. The lowest BCUT2D eigenvalue weighted by Crippen LogP contribution is -2.26. The smallest absolute Gasteiger partial charge is 0.264 e. The second-order valence-corrected chi connectivity index (χ2v) is 8.38. The second-order valence-electron chi connectivity index (χ2n) is 6.41. The molecule has 3 aromatic rings. The fourth-order valence-corrected chi connectivity index (χ4v) is 4.02. The minimum atomic E-state index is -3.63. The molecule has 0 saturated heterocycles. The number of nitrogens with one attached hydrogen (secondary N) is 1. The van der Waals surface area contributed by atoms with E-state index in [0.717, 1.165) is 5.56 Å². The number of ether oxygens (including phenoxy) is 1. The Morgan fingerprint density at radius 2 is 1.66 bits per heavy atom. The predicted molar refractivity (Wildman–Crippen MR) is 114 cm³/mol. The van der Waals surface area contributed by atoms with Crippen LogP contribution in [-0.4, -0.2) is 28.5 Å². The minimum absolute atomic E-state index is 0.170. The summed E-state index contributed by atoms with van der Waals surface area (Å²) < 4.78 is 31.8. The molecular formula is C22H22N2O4S. The number of carbonyl (C=O) groups excluding carboxylic acids is 1. The van der Waals surface area contributed by atoms with Crippen LogP contribution in [0.5, 0.6) is 5.75 Å². The van der Waals surface area contributed by atoms with E-state index >= 15 is 0 Å². The van der Waals surface area contributed by atoms with Crippen molar-refractivity contribution in [1.29, 1.82) is 0 Å². The van der Waals surface area contributed by atoms with Crippen LogP contribution in [0.4, 0.5) is 11.4 Å². The zero-order chi connectivity index (χ0) is 20.9. The summed E-state index contributed by atoms with van der Waals surface area (Å²) in [5.41, 5.74) is 1.95. The van der Waals surface area contributed by atoms with E-state index in [1.807, 2.05) is 0 Å². The number of amides is 1. The first kappa shape index (κ1) is 20.4. The number of hydrogen-bond donors (Lipinski definition) is 1. The highest BCUT2D eigenvalue weighted by Crippen LogP contribution is 2.22. The van der Waals surface area contributed by atoms with E-state index in [4.69, 9.17) is 4.74 Å². The van der Waals surface area contributed by atoms with Gasteiger partial charge in [-0.15, -0.1) is 0 Å². The first-order chi connectivity index (χ1) is 13.9. The fraction of sp³-hybridized carbons (Fsp3) is 0.136. The Morgan fingerprint density at radius 3 is 2.31 bits per heavy atom. The number of hydrogen-bond acceptors (Lipinski definition) is 4. The predicted octanol–water partition coefficient (Wildman–Crippen LogP) is 3.70. The highest BCUT2D eigenvalue weighted by Gasteiger charge is 2.20. The zero-order valence-electron chi connectivity index (χ0n) is 16.2. The van der Waals surface area contributed by atoms with Gasteiger partial charge in [-0.2, -0.15) is 0 Å². The zero-order valence-corrected chi connectivity index (χ0v) is 17.0. The molecule has 0 aromatic heterocycles. The summed E-state index contributed by atoms with van der Waals surface area (Å²) in [5.74, 6) is 0.492. The van der Waals surface area contributed by atoms with Crippen LogP contribution in [0.3, 0.4) is 0 Å². The Bertz CT molecular complexity index is 1080. The van der Waals surface area contributed by atoms with Gasteiger partial charge in [0.15, 0.2) is 0 Å². The van der Waals surface area contributed by atoms with Gasteiger partial charge in [-0.05, 0) is 42.0 Å². The average Bonchev–Trinajstić information content (AvgIpc) is 2.74. The molecule has 0 spiro atoms. The van der Waals surface area contributed by atoms with Gasteiger partial charge in [0.2, 0.25) is 5.91 Å². The highest BCUT2D eigenvalue weighted by molar-refractivity contribution is 7.92. The molecule has 0 saturated carbocycles. The maximum absolute atomic E-state index is 12.7. The molecule has 6 nitrogen and oxygen atoms in total. The number of benzene rings is 3. The number of methoxy groups -OCH3 is 1. The third-order valence-electron chi connectivity index (χ3n) is 4.42. The van der Waals surface area contributed by atoms with Crippen LogP contribution < -0.4 is 14.4 Å². The molecular weight excluding hydrogens is 388 g/mol. The van der Waals surface area contributed by atoms with Gasteiger partial charge in [-0.25, -0.2) is 8.42 Å². The van der Waals surface area contributed by atoms with Crippen LogP contribution >= 0.6 is 0 Å². The molecule has 0 aliphatic rings. The van der Waals surface area contributed by atoms with Crippen molar-refractivity contribution in [2.24, 2.45) is 0 Å². The summed E-state index contributed by atoms with van der Waals surface area (Å²) >= 11 is 0. The Balaban J connectivity index is 1.67. The van der Waals surface area contributed by atoms with Crippen LogP contribution in [0.25, 0.3) is 0 Å². The molecule has 0 bridgehead atoms. The number of carbonyl (C=O) groups is 1. The molecule has 7 heteroatoms. The van der Waals surface area contributed by atoms with Gasteiger partial charge in [0.25, 0.3) is 10.0 Å². The van der Waals surface area contributed by atoms with Crippen molar-refractivity contribution in [3.63, 3.8) is 0 Å². The van der Waals surface area contributed by atoms with E-state index in [1.54, 1.807) is 86.0 Å². The van der Waals surface area contributed by atoms with Crippen LogP contribution in [0.15, 0.2) is 83.8 Å². The molecule has 0 heterocycles. The van der Waals surface area contributed by atoms with Gasteiger partial charge < -0.3 is 10.1 Å². The van der Waals surface area contributed by atoms with E-state index in [-0.39, 0.29) is 17.2 Å². The summed E-state index contributed by atoms with van der Waals surface area (Å²) in [6.45, 7) is 0. The van der Waals surface area contributed by atoms with Gasteiger partial charge >= 0.3 is 0 Å². The van der Waals surface area contributed by atoms with Crippen molar-refractivity contribution in [2.45, 2.75) is 11.3 Å². The first-order valence-electron chi connectivity index (χ1n) is 8.97. The van der Waals surface area contributed by atoms with Crippen LogP contribution in [0, 0.1) is 0 Å². The lowest BCUT2D eigenvalue weighted by molar-refractivity contribution is -0.115. The fourth-order valence-electron chi connectivity index (χ4n) is 2.80. The SMILES string of the molecule is COc1cccc(NC(=O)Cc2ccc(N(C)S(=O)(=O)c3ccccc3)cc2)c1. The largest absolute Gasteiger partial charge is 0.497 e. The maximum Gasteiger partial charge on any atom is 0.264 e. The monoisotopic (exact) mass is 410 g/mol. The van der Waals surface area contributed by atoms with E-state index in [1.165, 1.54) is 11.4 Å². The number of anilines is 2. The standard InChI is InChI=1S/C22H22N2O4S/c1-24(29(26,27)21-9-4-3-5-10-21)19-13-11-17(12-14-19)15-22(25)23-18-7-6-8-20(16-18)28-2/h3-14,16H,15H2,1-2H3,(H,23,25). The molecule has 0 radical (unpaired) electrons. The van der Waals surface area contributed by atoms with Gasteiger partial charge in [-0.1, -0.05) is 36.4 Å². The molecule has 29 heavy (non-hydrogen) atoms. The van der Waals surface area contributed by atoms with Gasteiger partial charge in [0.05, 0.1) is 24.1 Å². The lowest BCUT2D eigenvalue weighted by atomic mass is 10.1. The average molecular weight is 410 g/mol. The topological polar surface area (TPSA) is 75.7 Å². The van der Waals surface area contributed by atoms with Crippen molar-refractivity contribution >= 4 is 27.3 Å². The Labute approximate surface area is 170 Å². The minimum Gasteiger partial charge on any atom is -0.497 e. The van der Waals surface area contributed by atoms with Gasteiger partial charge in [0, 0.05) is 18.8 Å². The van der Waals surface area contributed by atoms with E-state index in [9.17, 15) is 13.2 Å². The quantitative estimate of drug-likeness (QED) is 0.644. The number of sulfonamides is 1. The van der Waals surface area contributed by atoms with Crippen LogP contribution in [0.2, 0.25) is 0 Å².